The fraction of sp³-hybridized carbons (Fsp3) is 0.778. The molecule has 524 valence electrons. The molecule has 6 aliphatic carbocycles. The number of phenolic OH excluding ortho intramolecular Hbond substituents is 3. The third-order valence-corrected chi connectivity index (χ3v) is 24.0. The Morgan fingerprint density at radius 2 is 0.688 bits per heavy atom. The van der Waals surface area contributed by atoms with Crippen molar-refractivity contribution in [1.29, 1.82) is 0 Å². The summed E-state index contributed by atoms with van der Waals surface area (Å²) in [5, 5.41) is 44.1. The Hall–Kier alpha value is -3.30. The molecule has 3 aromatic rings. The second-order valence-electron chi connectivity index (χ2n) is 34.9. The maximum atomic E-state index is 10.6. The summed E-state index contributed by atoms with van der Waals surface area (Å²) in [6.07, 6.45) is 25.8. The minimum atomic E-state index is -0.564. The lowest BCUT2D eigenvalue weighted by molar-refractivity contribution is -0.151. The lowest BCUT2D eigenvalue weighted by Crippen LogP contribution is -2.56. The number of rotatable bonds is 32. The van der Waals surface area contributed by atoms with Crippen LogP contribution < -0.4 is 16.0 Å². The number of fused-ring (bicyclic) bond motifs is 12. The molecule has 0 saturated heterocycles. The molecule has 0 amide bonds. The molecule has 9 rings (SSSR count). The lowest BCUT2D eigenvalue weighted by atomic mass is 9.59. The minimum Gasteiger partial charge on any atom is -0.508 e. The Kier molecular flexibility index (Phi) is 24.5. The first-order valence-electron chi connectivity index (χ1n) is 37.3. The highest BCUT2D eigenvalue weighted by Gasteiger charge is 2.49. The predicted octanol–water partition coefficient (Wildman–Crippen LogP) is 16.6. The van der Waals surface area contributed by atoms with Crippen LogP contribution in [-0.4, -0.2) is 126 Å². The van der Waals surface area contributed by atoms with E-state index < -0.39 is 16.8 Å². The van der Waals surface area contributed by atoms with Crippen molar-refractivity contribution in [2.45, 2.75) is 320 Å². The van der Waals surface area contributed by atoms with E-state index in [1.807, 2.05) is 36.4 Å². The molecule has 0 unspecified atom stereocenters. The van der Waals surface area contributed by atoms with Crippen molar-refractivity contribution in [3.05, 3.63) is 88.0 Å². The zero-order valence-electron chi connectivity index (χ0n) is 61.2. The second-order valence-corrected chi connectivity index (χ2v) is 34.9. The first-order valence-corrected chi connectivity index (χ1v) is 37.3. The minimum absolute atomic E-state index is 0.0142. The molecule has 6 N–H and O–H groups in total. The number of hydrogen-bond donors (Lipinski definition) is 6. The van der Waals surface area contributed by atoms with Crippen LogP contribution in [0.15, 0.2) is 54.6 Å². The Balaban J connectivity index is 0.773. The van der Waals surface area contributed by atoms with E-state index in [-0.39, 0.29) is 39.0 Å². The summed E-state index contributed by atoms with van der Waals surface area (Å²) in [6, 6.07) is 19.3. The van der Waals surface area contributed by atoms with Crippen LogP contribution in [0.2, 0.25) is 0 Å². The molecule has 0 spiro atoms. The number of nitrogens with one attached hydrogen (secondary N) is 3. The molecule has 6 aliphatic rings. The summed E-state index contributed by atoms with van der Waals surface area (Å²) in [7, 11) is 0. The van der Waals surface area contributed by atoms with Gasteiger partial charge < -0.3 is 59.7 Å². The van der Waals surface area contributed by atoms with E-state index in [4.69, 9.17) is 28.4 Å². The number of hydrogen-bond acceptors (Lipinski definition) is 12. The lowest BCUT2D eigenvalue weighted by Gasteiger charge is -2.49. The van der Waals surface area contributed by atoms with Crippen molar-refractivity contribution >= 4 is 0 Å². The van der Waals surface area contributed by atoms with Gasteiger partial charge >= 0.3 is 0 Å². The van der Waals surface area contributed by atoms with Gasteiger partial charge in [0.25, 0.3) is 0 Å². The van der Waals surface area contributed by atoms with E-state index in [1.54, 1.807) is 0 Å². The smallest absolute Gasteiger partial charge is 0.115 e. The van der Waals surface area contributed by atoms with Crippen LogP contribution in [0.3, 0.4) is 0 Å². The molecular weight excluding hydrogens is 1160 g/mol. The van der Waals surface area contributed by atoms with Gasteiger partial charge in [-0.25, -0.2) is 0 Å². The topological polar surface area (TPSA) is 152 Å². The molecular formula is C81H131N3O9. The van der Waals surface area contributed by atoms with Gasteiger partial charge in [0.15, 0.2) is 0 Å². The first kappa shape index (κ1) is 73.9. The van der Waals surface area contributed by atoms with Crippen molar-refractivity contribution in [3.63, 3.8) is 0 Å². The van der Waals surface area contributed by atoms with Crippen molar-refractivity contribution in [2.24, 2.45) is 23.7 Å². The molecule has 6 bridgehead atoms. The number of benzene rings is 3. The highest BCUT2D eigenvalue weighted by Crippen LogP contribution is 2.51. The van der Waals surface area contributed by atoms with Crippen LogP contribution in [0.25, 0.3) is 0 Å². The highest BCUT2D eigenvalue weighted by molar-refractivity contribution is 5.46. The molecule has 12 heteroatoms. The molecule has 12 nitrogen and oxygen atoms in total. The van der Waals surface area contributed by atoms with Gasteiger partial charge in [-0.3, -0.25) is 0 Å². The van der Waals surface area contributed by atoms with Gasteiger partial charge in [-0.15, -0.1) is 0 Å². The van der Waals surface area contributed by atoms with E-state index in [9.17, 15) is 15.3 Å². The zero-order chi connectivity index (χ0) is 67.1. The summed E-state index contributed by atoms with van der Waals surface area (Å²) in [5.41, 5.74) is 5.69. The van der Waals surface area contributed by atoms with Crippen molar-refractivity contribution < 1.29 is 43.7 Å². The first-order chi connectivity index (χ1) is 43.8. The number of aromatic hydroxyl groups is 3. The molecule has 3 fully saturated rings. The van der Waals surface area contributed by atoms with E-state index >= 15 is 0 Å². The molecule has 3 saturated carbocycles. The average molecular weight is 1290 g/mol. The summed E-state index contributed by atoms with van der Waals surface area (Å²) in [6.45, 7) is 39.3. The molecule has 93 heavy (non-hydrogen) atoms. The van der Waals surface area contributed by atoms with Gasteiger partial charge in [0.2, 0.25) is 0 Å². The molecule has 9 atom stereocenters. The van der Waals surface area contributed by atoms with Gasteiger partial charge in [-0.1, -0.05) is 96.8 Å². The summed E-state index contributed by atoms with van der Waals surface area (Å²) < 4.78 is 41.0. The predicted molar refractivity (Wildman–Crippen MR) is 379 cm³/mol. The van der Waals surface area contributed by atoms with Crippen molar-refractivity contribution in [1.82, 2.24) is 16.0 Å². The molecule has 3 aromatic carbocycles. The third-order valence-electron chi connectivity index (χ3n) is 24.0. The zero-order valence-corrected chi connectivity index (χ0v) is 61.2. The van der Waals surface area contributed by atoms with E-state index in [2.05, 4.69) is 138 Å². The number of phenols is 3. The maximum absolute atomic E-state index is 10.6. The third kappa shape index (κ3) is 19.5. The summed E-state index contributed by atoms with van der Waals surface area (Å²) in [5.74, 6) is 2.81. The Morgan fingerprint density at radius 3 is 1.02 bits per heavy atom. The van der Waals surface area contributed by atoms with Gasteiger partial charge in [0.1, 0.15) is 17.2 Å². The maximum Gasteiger partial charge on any atom is 0.115 e. The standard InChI is InChI=1S/C81H131N3O9/c1-73(2,37-42-82-70-61-25-19-16-22-34-79(70,13)67-50-64(85)31-28-58(67)47-61)88-45-40-76(7,8)90-53-57(55-92-78(11,12)56-93-75(5,6)39-44-84-72-63-27-21-18-24-36-81(72,15)69-52-66(87)33-30-60(69)49-63)54-91-77(9,10)41-46-89-74(3,4)38-43-83-71-62-26-20-17-23-35-80(71,14)68-51-65(86)32-29-59(68)48-62/h28-33,50-52,57,61-63,70-72,82-87H,16-27,34-49,53-56H2,1-15H3/t61-,62-,63-,70-,71-,72-,79+,80+,81+/m0/s1. The average Bonchev–Trinajstić information content (AvgIpc) is 0.793. The van der Waals surface area contributed by atoms with Crippen LogP contribution in [0.1, 0.15) is 266 Å². The van der Waals surface area contributed by atoms with Gasteiger partial charge in [0, 0.05) is 40.3 Å². The van der Waals surface area contributed by atoms with Crippen LogP contribution in [0.4, 0.5) is 0 Å². The quantitative estimate of drug-likeness (QED) is 0.0353. The Bertz CT molecular complexity index is 2740. The largest absolute Gasteiger partial charge is 0.508 e. The monoisotopic (exact) mass is 1290 g/mol. The van der Waals surface area contributed by atoms with Gasteiger partial charge in [-0.2, -0.15) is 0 Å². The van der Waals surface area contributed by atoms with E-state index in [0.29, 0.717) is 92.8 Å². The van der Waals surface area contributed by atoms with Crippen molar-refractivity contribution in [2.75, 3.05) is 59.3 Å². The second kappa shape index (κ2) is 30.9. The Morgan fingerprint density at radius 1 is 0.387 bits per heavy atom. The summed E-state index contributed by atoms with van der Waals surface area (Å²) in [4.78, 5) is 0. The number of ether oxygens (including phenoxy) is 6. The molecule has 0 aromatic heterocycles. The van der Waals surface area contributed by atoms with E-state index in [0.717, 1.165) is 90.3 Å². The van der Waals surface area contributed by atoms with E-state index in [1.165, 1.54) is 110 Å². The summed E-state index contributed by atoms with van der Waals surface area (Å²) >= 11 is 0. The van der Waals surface area contributed by atoms with Crippen LogP contribution in [-0.2, 0) is 63.9 Å². The normalized spacial score (nSPS) is 27.2. The fourth-order valence-electron chi connectivity index (χ4n) is 17.8. The fourth-order valence-corrected chi connectivity index (χ4v) is 17.8. The van der Waals surface area contributed by atoms with Gasteiger partial charge in [0.05, 0.1) is 73.2 Å². The van der Waals surface area contributed by atoms with Crippen LogP contribution in [0, 0.1) is 23.7 Å². The molecule has 0 heterocycles. The molecule has 0 aliphatic heterocycles. The van der Waals surface area contributed by atoms with Crippen molar-refractivity contribution in [3.8, 4) is 17.2 Å². The Labute approximate surface area is 564 Å². The van der Waals surface area contributed by atoms with Crippen LogP contribution in [0.5, 0.6) is 17.2 Å². The van der Waals surface area contributed by atoms with Crippen LogP contribution >= 0.6 is 0 Å². The highest BCUT2D eigenvalue weighted by atomic mass is 16.6. The molecule has 0 radical (unpaired) electrons. The SMILES string of the molecule is CC(C)(CCN[C@H]1[C@H]2CCCCC[C@]1(C)c1cc(O)ccc1C2)OCCC(C)(C)OCC(COC(C)(C)CCOC(C)(C)CCN[C@H]1[C@H]2CCCCC[C@]1(C)c1cc(O)ccc1C2)COC(C)(C)COC(C)(C)CCN[C@H]1[C@H]2CCCCC[C@]1(C)c1cc(O)ccc1C2. The van der Waals surface area contributed by atoms with Gasteiger partial charge in [-0.05, 0) is 280 Å².